The Labute approximate surface area is 141 Å². The Bertz CT molecular complexity index is 684. The summed E-state index contributed by atoms with van der Waals surface area (Å²) in [6, 6.07) is 6.14. The molecule has 0 aliphatic carbocycles. The number of nitrogens with zero attached hydrogens (tertiary/aromatic N) is 4. The minimum Gasteiger partial charge on any atom is -0.351 e. The minimum absolute atomic E-state index is 0.0301. The third-order valence-corrected chi connectivity index (χ3v) is 4.07. The van der Waals surface area contributed by atoms with E-state index in [1.165, 1.54) is 11.8 Å². The Morgan fingerprint density at radius 3 is 2.39 bits per heavy atom. The van der Waals surface area contributed by atoms with Crippen LogP contribution in [0.15, 0.2) is 23.4 Å². The summed E-state index contributed by atoms with van der Waals surface area (Å²) in [4.78, 5) is 12.2. The van der Waals surface area contributed by atoms with Crippen LogP contribution < -0.4 is 5.32 Å². The Kier molecular flexibility index (Phi) is 5.09. The summed E-state index contributed by atoms with van der Waals surface area (Å²) in [7, 11) is 0. The van der Waals surface area contributed by atoms with Crippen LogP contribution in [0, 0.1) is 13.8 Å². The van der Waals surface area contributed by atoms with E-state index in [0.717, 1.165) is 16.8 Å². The van der Waals surface area contributed by atoms with Gasteiger partial charge in [0.1, 0.15) is 0 Å². The second-order valence-electron chi connectivity index (χ2n) is 6.72. The van der Waals surface area contributed by atoms with Crippen molar-refractivity contribution in [3.63, 3.8) is 0 Å². The molecule has 1 heterocycles. The summed E-state index contributed by atoms with van der Waals surface area (Å²) in [6.07, 6.45) is 0. The molecule has 23 heavy (non-hydrogen) atoms. The highest BCUT2D eigenvalue weighted by molar-refractivity contribution is 8.00. The lowest BCUT2D eigenvalue weighted by Crippen LogP contribution is -2.44. The molecule has 0 aliphatic heterocycles. The molecule has 0 aliphatic rings. The van der Waals surface area contributed by atoms with E-state index in [4.69, 9.17) is 0 Å². The first-order chi connectivity index (χ1) is 10.7. The number of carbonyl (C=O) groups is 1. The van der Waals surface area contributed by atoms with Crippen molar-refractivity contribution in [1.82, 2.24) is 25.5 Å². The van der Waals surface area contributed by atoms with Gasteiger partial charge < -0.3 is 5.32 Å². The van der Waals surface area contributed by atoms with E-state index >= 15 is 0 Å². The predicted octanol–water partition coefficient (Wildman–Crippen LogP) is 2.67. The van der Waals surface area contributed by atoms with Crippen LogP contribution in [0.5, 0.6) is 0 Å². The van der Waals surface area contributed by atoms with Gasteiger partial charge in [0.2, 0.25) is 11.1 Å². The van der Waals surface area contributed by atoms with Crippen molar-refractivity contribution >= 4 is 17.7 Å². The third-order valence-electron chi connectivity index (χ3n) is 3.04. The topological polar surface area (TPSA) is 72.7 Å². The molecule has 0 bridgehead atoms. The van der Waals surface area contributed by atoms with Crippen LogP contribution in [0.25, 0.3) is 5.69 Å². The molecule has 1 aromatic carbocycles. The van der Waals surface area contributed by atoms with Crippen LogP contribution >= 0.6 is 11.8 Å². The molecule has 0 radical (unpaired) electrons. The molecule has 0 saturated carbocycles. The number of rotatable bonds is 4. The number of aryl methyl sites for hydroxylation is 2. The largest absolute Gasteiger partial charge is 0.351 e. The van der Waals surface area contributed by atoms with Gasteiger partial charge in [-0.05, 0) is 75.2 Å². The zero-order valence-corrected chi connectivity index (χ0v) is 15.2. The molecule has 7 heteroatoms. The maximum atomic E-state index is 12.2. The van der Waals surface area contributed by atoms with Crippen molar-refractivity contribution in [2.24, 2.45) is 0 Å². The van der Waals surface area contributed by atoms with E-state index in [0.29, 0.717) is 5.16 Å². The zero-order chi connectivity index (χ0) is 17.2. The molecule has 0 spiro atoms. The average molecular weight is 333 g/mol. The Morgan fingerprint density at radius 2 is 1.83 bits per heavy atom. The second kappa shape index (κ2) is 6.70. The van der Waals surface area contributed by atoms with Gasteiger partial charge in [0.05, 0.1) is 10.9 Å². The lowest BCUT2D eigenvalue weighted by molar-refractivity contribution is -0.121. The molecule has 0 unspecified atom stereocenters. The fourth-order valence-corrected chi connectivity index (χ4v) is 2.98. The van der Waals surface area contributed by atoms with Gasteiger partial charge in [-0.1, -0.05) is 17.8 Å². The first-order valence-corrected chi connectivity index (χ1v) is 8.39. The highest BCUT2D eigenvalue weighted by Gasteiger charge is 2.22. The number of amides is 1. The molecule has 0 fully saturated rings. The van der Waals surface area contributed by atoms with Crippen molar-refractivity contribution in [2.45, 2.75) is 57.5 Å². The third kappa shape index (κ3) is 4.79. The number of hydrogen-bond donors (Lipinski definition) is 1. The molecular formula is C16H23N5OS. The van der Waals surface area contributed by atoms with Crippen LogP contribution in [0.2, 0.25) is 0 Å². The van der Waals surface area contributed by atoms with Gasteiger partial charge >= 0.3 is 0 Å². The van der Waals surface area contributed by atoms with Crippen LogP contribution in [0.4, 0.5) is 0 Å². The van der Waals surface area contributed by atoms with Crippen molar-refractivity contribution in [2.75, 3.05) is 0 Å². The van der Waals surface area contributed by atoms with Gasteiger partial charge in [-0.25, -0.2) is 0 Å². The van der Waals surface area contributed by atoms with Gasteiger partial charge in [-0.15, -0.1) is 5.10 Å². The van der Waals surface area contributed by atoms with Gasteiger partial charge in [0, 0.05) is 5.54 Å². The number of tetrazole rings is 1. The maximum Gasteiger partial charge on any atom is 0.233 e. The highest BCUT2D eigenvalue weighted by Crippen LogP contribution is 2.24. The molecule has 1 atom stereocenters. The van der Waals surface area contributed by atoms with Gasteiger partial charge in [0.15, 0.2) is 0 Å². The summed E-state index contributed by atoms with van der Waals surface area (Å²) >= 11 is 1.35. The van der Waals surface area contributed by atoms with Crippen molar-refractivity contribution < 1.29 is 4.79 Å². The standard InChI is InChI=1S/C16H23N5OS/c1-10-7-11(2)9-13(8-10)21-15(18-19-20-21)23-12(3)14(22)17-16(4,5)6/h7-9,12H,1-6H3,(H,17,22)/t12-/m1/s1. The van der Waals surface area contributed by atoms with Crippen molar-refractivity contribution in [1.29, 1.82) is 0 Å². The number of nitrogens with one attached hydrogen (secondary N) is 1. The zero-order valence-electron chi connectivity index (χ0n) is 14.4. The number of hydrogen-bond acceptors (Lipinski definition) is 5. The van der Waals surface area contributed by atoms with E-state index in [1.54, 1.807) is 4.68 Å². The highest BCUT2D eigenvalue weighted by atomic mass is 32.2. The summed E-state index contributed by atoms with van der Waals surface area (Å²) in [6.45, 7) is 11.8. The van der Waals surface area contributed by atoms with E-state index < -0.39 is 0 Å². The van der Waals surface area contributed by atoms with Crippen LogP contribution in [0.3, 0.4) is 0 Å². The summed E-state index contributed by atoms with van der Waals surface area (Å²) < 4.78 is 1.67. The monoisotopic (exact) mass is 333 g/mol. The molecule has 1 amide bonds. The number of benzene rings is 1. The molecule has 2 rings (SSSR count). The second-order valence-corrected chi connectivity index (χ2v) is 8.03. The van der Waals surface area contributed by atoms with Crippen molar-refractivity contribution in [3.05, 3.63) is 29.3 Å². The number of thioether (sulfide) groups is 1. The molecular weight excluding hydrogens is 310 g/mol. The predicted molar refractivity (Wildman–Crippen MR) is 91.8 cm³/mol. The Balaban J connectivity index is 2.20. The van der Waals surface area contributed by atoms with Gasteiger partial charge in [-0.3, -0.25) is 4.79 Å². The normalized spacial score (nSPS) is 13.0. The maximum absolute atomic E-state index is 12.2. The van der Waals surface area contributed by atoms with Crippen LogP contribution in [0.1, 0.15) is 38.8 Å². The van der Waals surface area contributed by atoms with Gasteiger partial charge in [-0.2, -0.15) is 4.68 Å². The fourth-order valence-electron chi connectivity index (χ4n) is 2.17. The van der Waals surface area contributed by atoms with E-state index in [-0.39, 0.29) is 16.7 Å². The minimum atomic E-state index is -0.287. The fraction of sp³-hybridized carbons (Fsp3) is 0.500. The Hall–Kier alpha value is -1.89. The molecule has 2 aromatic rings. The number of aromatic nitrogens is 4. The first kappa shape index (κ1) is 17.5. The van der Waals surface area contributed by atoms with E-state index in [9.17, 15) is 4.79 Å². The first-order valence-electron chi connectivity index (χ1n) is 7.51. The molecule has 124 valence electrons. The summed E-state index contributed by atoms with van der Waals surface area (Å²) in [5, 5.41) is 15.2. The van der Waals surface area contributed by atoms with Crippen molar-refractivity contribution in [3.8, 4) is 5.69 Å². The van der Waals surface area contributed by atoms with E-state index in [2.05, 4.69) is 26.9 Å². The molecule has 1 N–H and O–H groups in total. The SMILES string of the molecule is Cc1cc(C)cc(-n2nnnc2S[C@H](C)C(=O)NC(C)(C)C)c1. The van der Waals surface area contributed by atoms with Crippen LogP contribution in [-0.2, 0) is 4.79 Å². The smallest absolute Gasteiger partial charge is 0.233 e. The van der Waals surface area contributed by atoms with Gasteiger partial charge in [0.25, 0.3) is 0 Å². The summed E-state index contributed by atoms with van der Waals surface area (Å²) in [5.41, 5.74) is 2.93. The molecule has 0 saturated heterocycles. The molecule has 1 aromatic heterocycles. The van der Waals surface area contributed by atoms with Crippen LogP contribution in [-0.4, -0.2) is 36.9 Å². The molecule has 6 nitrogen and oxygen atoms in total. The number of carbonyl (C=O) groups excluding carboxylic acids is 1. The average Bonchev–Trinajstić information content (AvgIpc) is 2.83. The lowest BCUT2D eigenvalue weighted by atomic mass is 10.1. The lowest BCUT2D eigenvalue weighted by Gasteiger charge is -2.22. The Morgan fingerprint density at radius 1 is 1.22 bits per heavy atom. The van der Waals surface area contributed by atoms with E-state index in [1.807, 2.05) is 53.7 Å². The summed E-state index contributed by atoms with van der Waals surface area (Å²) in [5.74, 6) is -0.0301. The quantitative estimate of drug-likeness (QED) is 0.871.